The third-order valence-electron chi connectivity index (χ3n) is 6.69. The molecule has 2 atom stereocenters. The molecule has 1 fully saturated rings. The minimum absolute atomic E-state index is 0.0486. The van der Waals surface area contributed by atoms with Crippen LogP contribution < -0.4 is 10.6 Å². The average Bonchev–Trinajstić information content (AvgIpc) is 3.31. The van der Waals surface area contributed by atoms with Crippen LogP contribution in [0.5, 0.6) is 0 Å². The number of morpholine rings is 1. The van der Waals surface area contributed by atoms with E-state index in [0.29, 0.717) is 37.4 Å². The maximum Gasteiger partial charge on any atom is 0.254 e. The molecule has 1 aliphatic heterocycles. The summed E-state index contributed by atoms with van der Waals surface area (Å²) in [7, 11) is 0. The summed E-state index contributed by atoms with van der Waals surface area (Å²) in [5.41, 5.74) is 3.66. The Hall–Kier alpha value is -3.10. The normalized spacial score (nSPS) is 18.9. The molecule has 1 heterocycles. The molecule has 2 unspecified atom stereocenters. The van der Waals surface area contributed by atoms with E-state index in [1.54, 1.807) is 24.3 Å². The molecule has 0 bridgehead atoms. The van der Waals surface area contributed by atoms with Gasteiger partial charge in [0.2, 0.25) is 0 Å². The Morgan fingerprint density at radius 2 is 1.74 bits per heavy atom. The summed E-state index contributed by atoms with van der Waals surface area (Å²) in [6.45, 7) is 4.27. The molecular formula is C26H32N4O4. The molecule has 0 spiro atoms. The van der Waals surface area contributed by atoms with Gasteiger partial charge in [0.25, 0.3) is 11.8 Å². The van der Waals surface area contributed by atoms with Crippen molar-refractivity contribution in [3.8, 4) is 0 Å². The number of nitroso groups, excluding NO2 is 1. The number of hydrogen-bond donors (Lipinski definition) is 2. The zero-order valence-electron chi connectivity index (χ0n) is 19.5. The van der Waals surface area contributed by atoms with E-state index in [9.17, 15) is 14.5 Å². The standard InChI is InChI=1S/C26H32N4O4/c1-2-24-17-34-12-11-30(24)26(32)19-9-7-18(8-10-19)25(31)28-16-23(29-33)15-27-22-13-20-5-3-4-6-21(20)14-22/h3-10,22-24,27H,2,11-17H2,1H3,(H,28,31). The van der Waals surface area contributed by atoms with Crippen LogP contribution in [0.25, 0.3) is 0 Å². The first-order valence-electron chi connectivity index (χ1n) is 12.0. The van der Waals surface area contributed by atoms with Gasteiger partial charge in [0.05, 0.1) is 19.3 Å². The zero-order chi connectivity index (χ0) is 23.9. The van der Waals surface area contributed by atoms with Crippen molar-refractivity contribution < 1.29 is 14.3 Å². The first-order chi connectivity index (χ1) is 16.6. The summed E-state index contributed by atoms with van der Waals surface area (Å²) in [6, 6.07) is 14.8. The van der Waals surface area contributed by atoms with E-state index in [2.05, 4.69) is 27.9 Å². The van der Waals surface area contributed by atoms with E-state index in [1.807, 2.05) is 24.0 Å². The molecular weight excluding hydrogens is 432 g/mol. The number of rotatable bonds is 9. The summed E-state index contributed by atoms with van der Waals surface area (Å²) < 4.78 is 5.47. The first-order valence-corrected chi connectivity index (χ1v) is 12.0. The highest BCUT2D eigenvalue weighted by Crippen LogP contribution is 2.21. The molecule has 2 aliphatic rings. The monoisotopic (exact) mass is 464 g/mol. The van der Waals surface area contributed by atoms with Gasteiger partial charge in [-0.3, -0.25) is 9.59 Å². The van der Waals surface area contributed by atoms with E-state index in [-0.39, 0.29) is 30.4 Å². The summed E-state index contributed by atoms with van der Waals surface area (Å²) in [5.74, 6) is -0.341. The third-order valence-corrected chi connectivity index (χ3v) is 6.69. The van der Waals surface area contributed by atoms with Crippen LogP contribution in [0.1, 0.15) is 45.2 Å². The summed E-state index contributed by atoms with van der Waals surface area (Å²) in [5, 5.41) is 9.37. The molecule has 1 saturated heterocycles. The van der Waals surface area contributed by atoms with Crippen molar-refractivity contribution in [2.45, 2.75) is 44.3 Å². The second-order valence-electron chi connectivity index (χ2n) is 8.96. The molecule has 0 radical (unpaired) electrons. The number of nitrogens with one attached hydrogen (secondary N) is 2. The molecule has 1 aliphatic carbocycles. The van der Waals surface area contributed by atoms with E-state index in [0.717, 1.165) is 19.3 Å². The number of carbonyl (C=O) groups is 2. The highest BCUT2D eigenvalue weighted by Gasteiger charge is 2.27. The van der Waals surface area contributed by atoms with Crippen LogP contribution in [0.2, 0.25) is 0 Å². The van der Waals surface area contributed by atoms with Gasteiger partial charge in [0, 0.05) is 36.8 Å². The van der Waals surface area contributed by atoms with Gasteiger partial charge in [-0.1, -0.05) is 36.4 Å². The number of nitrogens with zero attached hydrogens (tertiary/aromatic N) is 2. The second kappa shape index (κ2) is 11.4. The lowest BCUT2D eigenvalue weighted by atomic mass is 10.1. The molecule has 0 saturated carbocycles. The van der Waals surface area contributed by atoms with Gasteiger partial charge in [-0.25, -0.2) is 0 Å². The van der Waals surface area contributed by atoms with E-state index < -0.39 is 6.04 Å². The smallest absolute Gasteiger partial charge is 0.254 e. The van der Waals surface area contributed by atoms with Crippen molar-refractivity contribution >= 4 is 11.8 Å². The van der Waals surface area contributed by atoms with E-state index in [4.69, 9.17) is 4.74 Å². The minimum Gasteiger partial charge on any atom is -0.377 e. The third kappa shape index (κ3) is 5.69. The highest BCUT2D eigenvalue weighted by molar-refractivity contribution is 5.98. The maximum absolute atomic E-state index is 12.9. The van der Waals surface area contributed by atoms with Crippen LogP contribution in [0.4, 0.5) is 0 Å². The quantitative estimate of drug-likeness (QED) is 0.556. The molecule has 34 heavy (non-hydrogen) atoms. The van der Waals surface area contributed by atoms with Gasteiger partial charge in [0.1, 0.15) is 6.04 Å². The van der Waals surface area contributed by atoms with Crippen LogP contribution in [0, 0.1) is 4.91 Å². The topological polar surface area (TPSA) is 100 Å². The number of ether oxygens (including phenoxy) is 1. The fraction of sp³-hybridized carbons (Fsp3) is 0.462. The molecule has 4 rings (SSSR count). The van der Waals surface area contributed by atoms with Gasteiger partial charge in [-0.15, -0.1) is 0 Å². The fourth-order valence-electron chi connectivity index (χ4n) is 4.66. The molecule has 8 heteroatoms. The zero-order valence-corrected chi connectivity index (χ0v) is 19.5. The summed E-state index contributed by atoms with van der Waals surface area (Å²) in [4.78, 5) is 38.6. The van der Waals surface area contributed by atoms with Crippen molar-refractivity contribution in [2.24, 2.45) is 5.18 Å². The lowest BCUT2D eigenvalue weighted by Crippen LogP contribution is -2.48. The van der Waals surface area contributed by atoms with E-state index in [1.165, 1.54) is 11.1 Å². The lowest BCUT2D eigenvalue weighted by Gasteiger charge is -2.35. The average molecular weight is 465 g/mol. The van der Waals surface area contributed by atoms with Crippen molar-refractivity contribution in [2.75, 3.05) is 32.8 Å². The number of benzene rings is 2. The number of carbonyl (C=O) groups excluding carboxylic acids is 2. The van der Waals surface area contributed by atoms with Gasteiger partial charge in [0.15, 0.2) is 0 Å². The summed E-state index contributed by atoms with van der Waals surface area (Å²) in [6.07, 6.45) is 2.70. The first kappa shape index (κ1) is 24.0. The van der Waals surface area contributed by atoms with E-state index >= 15 is 0 Å². The SMILES string of the molecule is CCC1COCCN1C(=O)c1ccc(C(=O)NCC(CNC2Cc3ccccc3C2)N=O)cc1. The molecule has 180 valence electrons. The summed E-state index contributed by atoms with van der Waals surface area (Å²) >= 11 is 0. The second-order valence-corrected chi connectivity index (χ2v) is 8.96. The number of fused-ring (bicyclic) bond motifs is 1. The van der Waals surface area contributed by atoms with Gasteiger partial charge >= 0.3 is 0 Å². The Morgan fingerprint density at radius 1 is 1.06 bits per heavy atom. The predicted octanol–water partition coefficient (Wildman–Crippen LogP) is 2.56. The molecule has 2 amide bonds. The molecule has 8 nitrogen and oxygen atoms in total. The van der Waals surface area contributed by atoms with Crippen LogP contribution in [-0.2, 0) is 17.6 Å². The minimum atomic E-state index is -0.555. The van der Waals surface area contributed by atoms with Crippen molar-refractivity contribution in [3.63, 3.8) is 0 Å². The maximum atomic E-state index is 12.9. The Kier molecular flexibility index (Phi) is 8.03. The van der Waals surface area contributed by atoms with Crippen LogP contribution in [0.15, 0.2) is 53.7 Å². The Balaban J connectivity index is 1.25. The van der Waals surface area contributed by atoms with Crippen LogP contribution in [0.3, 0.4) is 0 Å². The van der Waals surface area contributed by atoms with Gasteiger partial charge in [-0.05, 0) is 54.7 Å². The Morgan fingerprint density at radius 3 is 2.38 bits per heavy atom. The molecule has 2 aromatic carbocycles. The Labute approximate surface area is 200 Å². The largest absolute Gasteiger partial charge is 0.377 e. The molecule has 2 aromatic rings. The molecule has 2 N–H and O–H groups in total. The number of hydrogen-bond acceptors (Lipinski definition) is 6. The number of amides is 2. The Bertz CT molecular complexity index is 985. The predicted molar refractivity (Wildman–Crippen MR) is 130 cm³/mol. The van der Waals surface area contributed by atoms with Crippen molar-refractivity contribution in [3.05, 3.63) is 75.7 Å². The van der Waals surface area contributed by atoms with Crippen LogP contribution >= 0.6 is 0 Å². The van der Waals surface area contributed by atoms with Crippen molar-refractivity contribution in [1.82, 2.24) is 15.5 Å². The van der Waals surface area contributed by atoms with Gasteiger partial charge in [-0.2, -0.15) is 4.91 Å². The van der Waals surface area contributed by atoms with Crippen molar-refractivity contribution in [1.29, 1.82) is 0 Å². The molecule has 0 aromatic heterocycles. The fourth-order valence-corrected chi connectivity index (χ4v) is 4.66. The van der Waals surface area contributed by atoms with Gasteiger partial charge < -0.3 is 20.3 Å². The highest BCUT2D eigenvalue weighted by atomic mass is 16.5. The van der Waals surface area contributed by atoms with Crippen LogP contribution in [-0.4, -0.2) is 67.7 Å². The lowest BCUT2D eigenvalue weighted by molar-refractivity contribution is -0.00280.